The van der Waals surface area contributed by atoms with Gasteiger partial charge in [0.1, 0.15) is 0 Å². The number of hydrogen-bond acceptors (Lipinski definition) is 3. The van der Waals surface area contributed by atoms with Crippen LogP contribution in [0.1, 0.15) is 44.6 Å². The lowest BCUT2D eigenvalue weighted by molar-refractivity contribution is -0.114. The highest BCUT2D eigenvalue weighted by Gasteiger charge is 2.35. The maximum atomic E-state index is 12.7. The molecular weight excluding hydrogens is 436 g/mol. The number of nitrogens with one attached hydrogen (secondary N) is 3. The topological polar surface area (TPSA) is 73.5 Å². The maximum absolute atomic E-state index is 12.7. The average Bonchev–Trinajstić information content (AvgIpc) is 3.23. The number of piperidine rings is 1. The lowest BCUT2D eigenvalue weighted by Gasteiger charge is -2.38. The molecule has 1 saturated heterocycles. The number of hydrogen-bond donors (Lipinski definition) is 3. The van der Waals surface area contributed by atoms with E-state index in [1.54, 1.807) is 12.1 Å². The van der Waals surface area contributed by atoms with E-state index in [-0.39, 0.29) is 18.0 Å². The minimum Gasteiger partial charge on any atom is -0.334 e. The largest absolute Gasteiger partial charge is 0.334 e. The first-order valence-electron chi connectivity index (χ1n) is 11.9. The van der Waals surface area contributed by atoms with Crippen LogP contribution < -0.4 is 16.0 Å². The standard InChI is InChI=1S/C26H33ClN4O2/c1-18(32)28-22-4-2-5-23(17-22)29-26(33)30-24-6-3-7-25(24)31-14-12-20(13-15-31)16-19-8-10-21(27)11-9-19/h2,4-5,8-11,17,20,24-25H,3,6-7,12-16H2,1H3,(H,28,32)(H2,29,30,33). The van der Waals surface area contributed by atoms with Gasteiger partial charge in [-0.1, -0.05) is 29.8 Å². The molecule has 6 nitrogen and oxygen atoms in total. The summed E-state index contributed by atoms with van der Waals surface area (Å²) in [5.74, 6) is 0.566. The Morgan fingerprint density at radius 2 is 1.67 bits per heavy atom. The van der Waals surface area contributed by atoms with Gasteiger partial charge < -0.3 is 16.0 Å². The van der Waals surface area contributed by atoms with Crippen molar-refractivity contribution in [3.8, 4) is 0 Å². The van der Waals surface area contributed by atoms with Crippen molar-refractivity contribution in [1.29, 1.82) is 0 Å². The van der Waals surface area contributed by atoms with Crippen molar-refractivity contribution < 1.29 is 9.59 Å². The first kappa shape index (κ1) is 23.6. The molecule has 2 aliphatic rings. The molecule has 3 amide bonds. The summed E-state index contributed by atoms with van der Waals surface area (Å²) in [7, 11) is 0. The number of nitrogens with zero attached hydrogens (tertiary/aromatic N) is 1. The third-order valence-electron chi connectivity index (χ3n) is 6.79. The van der Waals surface area contributed by atoms with Crippen LogP contribution in [0.3, 0.4) is 0 Å². The third kappa shape index (κ3) is 6.71. The monoisotopic (exact) mass is 468 g/mol. The van der Waals surface area contributed by atoms with Crippen LogP contribution in [0.5, 0.6) is 0 Å². The predicted molar refractivity (Wildman–Crippen MR) is 134 cm³/mol. The van der Waals surface area contributed by atoms with Gasteiger partial charge in [0.15, 0.2) is 0 Å². The van der Waals surface area contributed by atoms with Gasteiger partial charge in [-0.2, -0.15) is 0 Å². The Morgan fingerprint density at radius 1 is 0.970 bits per heavy atom. The molecule has 33 heavy (non-hydrogen) atoms. The van der Waals surface area contributed by atoms with Crippen molar-refractivity contribution in [1.82, 2.24) is 10.2 Å². The molecule has 1 heterocycles. The zero-order chi connectivity index (χ0) is 23.2. The Hall–Kier alpha value is -2.57. The maximum Gasteiger partial charge on any atom is 0.319 e. The number of carbonyl (C=O) groups excluding carboxylic acids is 2. The number of carbonyl (C=O) groups is 2. The summed E-state index contributed by atoms with van der Waals surface area (Å²) in [5, 5.41) is 9.64. The first-order chi connectivity index (χ1) is 16.0. The summed E-state index contributed by atoms with van der Waals surface area (Å²) in [6.45, 7) is 3.64. The number of halogens is 1. The highest BCUT2D eigenvalue weighted by atomic mass is 35.5. The van der Waals surface area contributed by atoms with Crippen LogP contribution in [0.2, 0.25) is 5.02 Å². The summed E-state index contributed by atoms with van der Waals surface area (Å²) in [6, 6.07) is 15.8. The summed E-state index contributed by atoms with van der Waals surface area (Å²) >= 11 is 6.01. The predicted octanol–water partition coefficient (Wildman–Crippen LogP) is 5.30. The van der Waals surface area contributed by atoms with E-state index in [4.69, 9.17) is 11.6 Å². The van der Waals surface area contributed by atoms with E-state index >= 15 is 0 Å². The van der Waals surface area contributed by atoms with Crippen molar-refractivity contribution in [3.63, 3.8) is 0 Å². The number of urea groups is 1. The van der Waals surface area contributed by atoms with Gasteiger partial charge >= 0.3 is 6.03 Å². The second-order valence-corrected chi connectivity index (χ2v) is 9.71. The van der Waals surface area contributed by atoms with Gasteiger partial charge in [-0.05, 0) is 93.4 Å². The SMILES string of the molecule is CC(=O)Nc1cccc(NC(=O)NC2CCCC2N2CCC(Cc3ccc(Cl)cc3)CC2)c1. The van der Waals surface area contributed by atoms with Crippen LogP contribution in [0.15, 0.2) is 48.5 Å². The lowest BCUT2D eigenvalue weighted by Crippen LogP contribution is -2.52. The molecule has 7 heteroatoms. The Kier molecular flexibility index (Phi) is 7.89. The van der Waals surface area contributed by atoms with Crippen molar-refractivity contribution in [2.45, 2.75) is 57.5 Å². The minimum atomic E-state index is -0.190. The Bertz CT molecular complexity index is 957. The van der Waals surface area contributed by atoms with Gasteiger partial charge in [0, 0.05) is 35.4 Å². The molecule has 0 spiro atoms. The zero-order valence-corrected chi connectivity index (χ0v) is 19.9. The van der Waals surface area contributed by atoms with E-state index in [1.165, 1.54) is 25.3 Å². The van der Waals surface area contributed by atoms with Gasteiger partial charge in [-0.3, -0.25) is 9.69 Å². The lowest BCUT2D eigenvalue weighted by atomic mass is 9.89. The van der Waals surface area contributed by atoms with Gasteiger partial charge in [0.25, 0.3) is 0 Å². The van der Waals surface area contributed by atoms with Crippen LogP contribution in [0.4, 0.5) is 16.2 Å². The fourth-order valence-corrected chi connectivity index (χ4v) is 5.33. The molecule has 1 aliphatic heterocycles. The summed E-state index contributed by atoms with van der Waals surface area (Å²) < 4.78 is 0. The molecule has 1 aliphatic carbocycles. The molecule has 0 bridgehead atoms. The van der Waals surface area contributed by atoms with E-state index in [2.05, 4.69) is 33.0 Å². The zero-order valence-electron chi connectivity index (χ0n) is 19.1. The highest BCUT2D eigenvalue weighted by molar-refractivity contribution is 6.30. The van der Waals surface area contributed by atoms with Crippen molar-refractivity contribution in [2.24, 2.45) is 5.92 Å². The normalized spacial score (nSPS) is 21.5. The van der Waals surface area contributed by atoms with Crippen molar-refractivity contribution in [3.05, 3.63) is 59.1 Å². The van der Waals surface area contributed by atoms with E-state index in [0.717, 1.165) is 43.8 Å². The van der Waals surface area contributed by atoms with Crippen LogP contribution in [-0.2, 0) is 11.2 Å². The van der Waals surface area contributed by atoms with Crippen LogP contribution in [0.25, 0.3) is 0 Å². The Balaban J connectivity index is 1.26. The van der Waals surface area contributed by atoms with E-state index < -0.39 is 0 Å². The smallest absolute Gasteiger partial charge is 0.319 e. The molecule has 2 unspecified atom stereocenters. The summed E-state index contributed by atoms with van der Waals surface area (Å²) in [5.41, 5.74) is 2.69. The second kappa shape index (κ2) is 11.0. The molecule has 1 saturated carbocycles. The van der Waals surface area contributed by atoms with Crippen LogP contribution in [0, 0.1) is 5.92 Å². The van der Waals surface area contributed by atoms with Crippen LogP contribution in [-0.4, -0.2) is 42.0 Å². The van der Waals surface area contributed by atoms with E-state index in [0.29, 0.717) is 23.3 Å². The molecule has 4 rings (SSSR count). The van der Waals surface area contributed by atoms with Gasteiger partial charge in [0.05, 0.1) is 0 Å². The number of amides is 3. The highest BCUT2D eigenvalue weighted by Crippen LogP contribution is 2.30. The van der Waals surface area contributed by atoms with Gasteiger partial charge in [-0.25, -0.2) is 4.79 Å². The summed E-state index contributed by atoms with van der Waals surface area (Å²) in [6.07, 6.45) is 6.76. The minimum absolute atomic E-state index is 0.137. The second-order valence-electron chi connectivity index (χ2n) is 9.28. The Morgan fingerprint density at radius 3 is 2.36 bits per heavy atom. The molecule has 176 valence electrons. The molecule has 2 atom stereocenters. The molecule has 3 N–H and O–H groups in total. The van der Waals surface area contributed by atoms with Crippen molar-refractivity contribution >= 4 is 34.9 Å². The summed E-state index contributed by atoms with van der Waals surface area (Å²) in [4.78, 5) is 26.5. The number of rotatable bonds is 6. The van der Waals surface area contributed by atoms with Gasteiger partial charge in [0.2, 0.25) is 5.91 Å². The molecule has 0 radical (unpaired) electrons. The molecule has 2 aromatic rings. The molecule has 0 aromatic heterocycles. The number of anilines is 2. The van der Waals surface area contributed by atoms with Crippen molar-refractivity contribution in [2.75, 3.05) is 23.7 Å². The molecule has 2 fully saturated rings. The fraction of sp³-hybridized carbons (Fsp3) is 0.462. The first-order valence-corrected chi connectivity index (χ1v) is 12.3. The number of likely N-dealkylation sites (tertiary alicyclic amines) is 1. The molecular formula is C26H33ClN4O2. The van der Waals surface area contributed by atoms with Crippen LogP contribution >= 0.6 is 11.6 Å². The Labute approximate surface area is 201 Å². The van der Waals surface area contributed by atoms with Gasteiger partial charge in [-0.15, -0.1) is 0 Å². The number of benzene rings is 2. The van der Waals surface area contributed by atoms with E-state index in [9.17, 15) is 9.59 Å². The third-order valence-corrected chi connectivity index (χ3v) is 7.04. The van der Waals surface area contributed by atoms with E-state index in [1.807, 2.05) is 24.3 Å². The fourth-order valence-electron chi connectivity index (χ4n) is 5.20. The quantitative estimate of drug-likeness (QED) is 0.538. The molecule has 2 aromatic carbocycles. The average molecular weight is 469 g/mol.